The molecule has 4 atom stereocenters. The van der Waals surface area contributed by atoms with Crippen LogP contribution in [0, 0.1) is 0 Å². The van der Waals surface area contributed by atoms with Gasteiger partial charge in [-0.15, -0.1) is 0 Å². The van der Waals surface area contributed by atoms with Crippen LogP contribution in [0.3, 0.4) is 0 Å². The third-order valence-electron chi connectivity index (χ3n) is 4.75. The summed E-state index contributed by atoms with van der Waals surface area (Å²) in [5.74, 6) is -0.451. The zero-order valence-electron chi connectivity index (χ0n) is 16.2. The highest BCUT2D eigenvalue weighted by atomic mass is 16.5. The van der Waals surface area contributed by atoms with E-state index in [0.717, 1.165) is 5.56 Å². The lowest BCUT2D eigenvalue weighted by Crippen LogP contribution is -2.49. The van der Waals surface area contributed by atoms with Crippen LogP contribution in [-0.4, -0.2) is 46.8 Å². The van der Waals surface area contributed by atoms with E-state index in [0.29, 0.717) is 5.56 Å². The molecule has 0 radical (unpaired) electrons. The van der Waals surface area contributed by atoms with E-state index in [1.54, 1.807) is 30.5 Å². The number of aromatic nitrogens is 1. The number of ether oxygens (including phenoxy) is 1. The van der Waals surface area contributed by atoms with Crippen LogP contribution in [0.15, 0.2) is 67.0 Å². The molecule has 7 heteroatoms. The van der Waals surface area contributed by atoms with E-state index in [-0.39, 0.29) is 30.9 Å². The fourth-order valence-corrected chi connectivity index (χ4v) is 3.18. The third kappa shape index (κ3) is 5.73. The molecule has 1 aromatic carbocycles. The number of carbonyl (C=O) groups excluding carboxylic acids is 2. The number of carbonyl (C=O) groups is 2. The molecule has 152 valence electrons. The lowest BCUT2D eigenvalue weighted by atomic mass is 10.0. The van der Waals surface area contributed by atoms with Gasteiger partial charge in [-0.25, -0.2) is 0 Å². The van der Waals surface area contributed by atoms with E-state index in [1.165, 1.54) is 6.20 Å². The van der Waals surface area contributed by atoms with Crippen LogP contribution in [0.2, 0.25) is 0 Å². The SMILES string of the molecule is C[C@H](NC(=O)C[C@@H]1C=C[C@@H](NC(=O)c2cccnc2)[C@H](CO)O1)c1ccccc1. The number of rotatable bonds is 7. The van der Waals surface area contributed by atoms with Gasteiger partial charge >= 0.3 is 0 Å². The van der Waals surface area contributed by atoms with Crippen molar-refractivity contribution in [3.63, 3.8) is 0 Å². The van der Waals surface area contributed by atoms with Crippen LogP contribution in [0.5, 0.6) is 0 Å². The topological polar surface area (TPSA) is 101 Å². The monoisotopic (exact) mass is 395 g/mol. The van der Waals surface area contributed by atoms with Crippen molar-refractivity contribution < 1.29 is 19.4 Å². The fraction of sp³-hybridized carbons (Fsp3) is 0.318. The van der Waals surface area contributed by atoms with Crippen molar-refractivity contribution in [1.82, 2.24) is 15.6 Å². The van der Waals surface area contributed by atoms with E-state index in [4.69, 9.17) is 4.74 Å². The van der Waals surface area contributed by atoms with Crippen molar-refractivity contribution in [2.24, 2.45) is 0 Å². The Bertz CT molecular complexity index is 842. The molecule has 3 rings (SSSR count). The molecule has 29 heavy (non-hydrogen) atoms. The minimum absolute atomic E-state index is 0.114. The molecule has 0 saturated heterocycles. The summed E-state index contributed by atoms with van der Waals surface area (Å²) < 4.78 is 5.81. The number of benzene rings is 1. The van der Waals surface area contributed by atoms with Gasteiger partial charge in [-0.1, -0.05) is 42.5 Å². The van der Waals surface area contributed by atoms with Crippen molar-refractivity contribution >= 4 is 11.8 Å². The summed E-state index contributed by atoms with van der Waals surface area (Å²) in [6.07, 6.45) is 5.59. The average molecular weight is 395 g/mol. The third-order valence-corrected chi connectivity index (χ3v) is 4.75. The first-order valence-corrected chi connectivity index (χ1v) is 9.56. The number of aliphatic hydroxyl groups excluding tert-OH is 1. The Morgan fingerprint density at radius 3 is 2.66 bits per heavy atom. The minimum atomic E-state index is -0.634. The van der Waals surface area contributed by atoms with Crippen LogP contribution in [0.1, 0.15) is 35.3 Å². The van der Waals surface area contributed by atoms with E-state index in [9.17, 15) is 14.7 Å². The summed E-state index contributed by atoms with van der Waals surface area (Å²) in [6.45, 7) is 1.65. The van der Waals surface area contributed by atoms with Crippen molar-refractivity contribution in [1.29, 1.82) is 0 Å². The first-order valence-electron chi connectivity index (χ1n) is 9.56. The zero-order chi connectivity index (χ0) is 20.6. The Labute approximate surface area is 169 Å². The second kappa shape index (κ2) is 9.95. The molecule has 3 N–H and O–H groups in total. The quantitative estimate of drug-likeness (QED) is 0.621. The largest absolute Gasteiger partial charge is 0.394 e. The number of amides is 2. The zero-order valence-corrected chi connectivity index (χ0v) is 16.2. The minimum Gasteiger partial charge on any atom is -0.394 e. The number of nitrogens with one attached hydrogen (secondary N) is 2. The summed E-state index contributed by atoms with van der Waals surface area (Å²) in [6, 6.07) is 12.4. The van der Waals surface area contributed by atoms with Gasteiger partial charge in [0.15, 0.2) is 0 Å². The highest BCUT2D eigenvalue weighted by Crippen LogP contribution is 2.17. The Kier molecular flexibility index (Phi) is 7.10. The maximum atomic E-state index is 12.4. The summed E-state index contributed by atoms with van der Waals surface area (Å²) in [4.78, 5) is 28.6. The number of hydrogen-bond acceptors (Lipinski definition) is 5. The number of aliphatic hydroxyl groups is 1. The first-order chi connectivity index (χ1) is 14.1. The van der Waals surface area contributed by atoms with Crippen molar-refractivity contribution in [2.75, 3.05) is 6.61 Å². The first kappa shape index (κ1) is 20.7. The standard InChI is InChI=1S/C22H25N3O4/c1-15(16-6-3-2-4-7-16)24-21(27)12-18-9-10-19(20(14-26)29-18)25-22(28)17-8-5-11-23-13-17/h2-11,13,15,18-20,26H,12,14H2,1H3,(H,24,27)(H,25,28)/t15-,18-,19+,20-/m0/s1. The summed E-state index contributed by atoms with van der Waals surface area (Å²) in [7, 11) is 0. The van der Waals surface area contributed by atoms with Gasteiger partial charge in [0, 0.05) is 12.4 Å². The van der Waals surface area contributed by atoms with E-state index in [1.807, 2.05) is 37.3 Å². The van der Waals surface area contributed by atoms with Gasteiger partial charge in [-0.05, 0) is 24.6 Å². The Morgan fingerprint density at radius 2 is 1.97 bits per heavy atom. The van der Waals surface area contributed by atoms with Gasteiger partial charge < -0.3 is 20.5 Å². The van der Waals surface area contributed by atoms with Crippen molar-refractivity contribution in [3.05, 3.63) is 78.1 Å². The second-order valence-corrected chi connectivity index (χ2v) is 6.93. The van der Waals surface area contributed by atoms with E-state index < -0.39 is 18.2 Å². The second-order valence-electron chi connectivity index (χ2n) is 6.93. The fourth-order valence-electron chi connectivity index (χ4n) is 3.18. The van der Waals surface area contributed by atoms with Gasteiger partial charge in [0.1, 0.15) is 6.10 Å². The molecule has 1 aliphatic rings. The molecular weight excluding hydrogens is 370 g/mol. The summed E-state index contributed by atoms with van der Waals surface area (Å²) >= 11 is 0. The molecule has 0 saturated carbocycles. The molecule has 7 nitrogen and oxygen atoms in total. The number of hydrogen-bond donors (Lipinski definition) is 3. The van der Waals surface area contributed by atoms with Crippen molar-refractivity contribution in [3.8, 4) is 0 Å². The molecule has 0 bridgehead atoms. The van der Waals surface area contributed by atoms with E-state index in [2.05, 4.69) is 15.6 Å². The predicted molar refractivity (Wildman–Crippen MR) is 108 cm³/mol. The maximum absolute atomic E-state index is 12.4. The number of nitrogens with zero attached hydrogens (tertiary/aromatic N) is 1. The average Bonchev–Trinajstić information content (AvgIpc) is 2.75. The van der Waals surface area contributed by atoms with Crippen LogP contribution in [0.25, 0.3) is 0 Å². The molecule has 1 aliphatic heterocycles. The molecule has 0 unspecified atom stereocenters. The van der Waals surface area contributed by atoms with Gasteiger partial charge in [-0.2, -0.15) is 0 Å². The predicted octanol–water partition coefficient (Wildman–Crippen LogP) is 1.76. The van der Waals surface area contributed by atoms with Gasteiger partial charge in [-0.3, -0.25) is 14.6 Å². The Morgan fingerprint density at radius 1 is 1.17 bits per heavy atom. The Hall–Kier alpha value is -3.03. The van der Waals surface area contributed by atoms with Gasteiger partial charge in [0.2, 0.25) is 5.91 Å². The van der Waals surface area contributed by atoms with Crippen molar-refractivity contribution in [2.45, 2.75) is 37.6 Å². The molecule has 0 aliphatic carbocycles. The molecular formula is C22H25N3O4. The van der Waals surface area contributed by atoms with E-state index >= 15 is 0 Å². The Balaban J connectivity index is 1.55. The van der Waals surface area contributed by atoms with Gasteiger partial charge in [0.05, 0.1) is 36.8 Å². The molecule has 2 heterocycles. The van der Waals surface area contributed by atoms with Gasteiger partial charge in [0.25, 0.3) is 5.91 Å². The van der Waals surface area contributed by atoms with Crippen LogP contribution < -0.4 is 10.6 Å². The molecule has 2 aromatic rings. The molecule has 0 fully saturated rings. The summed E-state index contributed by atoms with van der Waals surface area (Å²) in [5.41, 5.74) is 1.45. The van der Waals surface area contributed by atoms with Crippen LogP contribution in [-0.2, 0) is 9.53 Å². The number of pyridine rings is 1. The lowest BCUT2D eigenvalue weighted by molar-refractivity contribution is -0.126. The van der Waals surface area contributed by atoms with Crippen LogP contribution >= 0.6 is 0 Å². The molecule has 0 spiro atoms. The maximum Gasteiger partial charge on any atom is 0.253 e. The lowest BCUT2D eigenvalue weighted by Gasteiger charge is -2.31. The normalized spacial score (nSPS) is 21.9. The van der Waals surface area contributed by atoms with Crippen LogP contribution in [0.4, 0.5) is 0 Å². The molecule has 2 amide bonds. The highest BCUT2D eigenvalue weighted by Gasteiger charge is 2.29. The summed E-state index contributed by atoms with van der Waals surface area (Å²) in [5, 5.41) is 15.4. The smallest absolute Gasteiger partial charge is 0.253 e. The highest BCUT2D eigenvalue weighted by molar-refractivity contribution is 5.94. The molecule has 1 aromatic heterocycles.